The third kappa shape index (κ3) is 3.59. The lowest BCUT2D eigenvalue weighted by atomic mass is 9.97. The first kappa shape index (κ1) is 17.7. The highest BCUT2D eigenvalue weighted by molar-refractivity contribution is 6.89. The van der Waals surface area contributed by atoms with Crippen LogP contribution in [0.3, 0.4) is 0 Å². The van der Waals surface area contributed by atoms with Gasteiger partial charge in [-0.2, -0.15) is 4.57 Å². The number of nitrogens with zero attached hydrogens (tertiary/aromatic N) is 2. The Morgan fingerprint density at radius 2 is 1.51 bits per heavy atom. The highest BCUT2D eigenvalue weighted by Crippen LogP contribution is 2.44. The van der Waals surface area contributed by atoms with Crippen molar-refractivity contribution >= 4 is 40.9 Å². The second-order valence-corrected chi connectivity index (χ2v) is 15.2. The minimum absolute atomic E-state index is 0.0309. The topological polar surface area (TPSA) is 21.4 Å². The van der Waals surface area contributed by atoms with Crippen LogP contribution in [0.25, 0.3) is 49.2 Å². The van der Waals surface area contributed by atoms with E-state index in [-0.39, 0.29) is 28.9 Å². The SMILES string of the molecule is [2H]c1c([2H])c([2H])c(-c2c([N+]#[C-])ccc3c2oc2c(-c4cc(C)c([Si](C)(C)C)c(C)[n+]4C)c(C)ccc23)c([2H])c1[2H]. The minimum Gasteiger partial charge on any atom is -0.456 e. The van der Waals surface area contributed by atoms with E-state index in [0.717, 1.165) is 27.6 Å². The molecule has 0 aliphatic heterocycles. The first-order valence-corrected chi connectivity index (χ1v) is 15.1. The summed E-state index contributed by atoms with van der Waals surface area (Å²) in [6.07, 6.45) is 0. The average Bonchev–Trinajstić information content (AvgIpc) is 3.26. The maximum absolute atomic E-state index is 8.59. The van der Waals surface area contributed by atoms with Gasteiger partial charge in [0.2, 0.25) is 5.69 Å². The summed E-state index contributed by atoms with van der Waals surface area (Å²) in [5, 5.41) is 2.99. The van der Waals surface area contributed by atoms with Crippen LogP contribution in [0.5, 0.6) is 0 Å². The Kier molecular flexibility index (Phi) is 4.16. The second-order valence-electron chi connectivity index (χ2n) is 10.2. The van der Waals surface area contributed by atoms with E-state index in [4.69, 9.17) is 17.8 Å². The number of rotatable bonds is 3. The lowest BCUT2D eigenvalue weighted by molar-refractivity contribution is -0.665. The number of hydrogen-bond donors (Lipinski definition) is 0. The van der Waals surface area contributed by atoms with Crippen LogP contribution in [0.1, 0.15) is 23.7 Å². The maximum Gasteiger partial charge on any atom is 0.216 e. The van der Waals surface area contributed by atoms with Gasteiger partial charge in [0.1, 0.15) is 18.2 Å². The van der Waals surface area contributed by atoms with Crippen molar-refractivity contribution in [1.82, 2.24) is 0 Å². The molecule has 0 aliphatic carbocycles. The van der Waals surface area contributed by atoms with E-state index in [2.05, 4.69) is 62.1 Å². The van der Waals surface area contributed by atoms with Crippen LogP contribution < -0.4 is 9.75 Å². The van der Waals surface area contributed by atoms with Gasteiger partial charge < -0.3 is 4.42 Å². The fraction of sp³-hybridized carbons (Fsp3) is 0.226. The second kappa shape index (κ2) is 8.22. The Hall–Kier alpha value is -3.68. The fourth-order valence-corrected chi connectivity index (χ4v) is 7.91. The number of fused-ring (bicyclic) bond motifs is 3. The van der Waals surface area contributed by atoms with Gasteiger partial charge in [0.25, 0.3) is 0 Å². The van der Waals surface area contributed by atoms with Crippen molar-refractivity contribution in [3.63, 3.8) is 0 Å². The van der Waals surface area contributed by atoms with Gasteiger partial charge in [0.15, 0.2) is 11.4 Å². The van der Waals surface area contributed by atoms with Gasteiger partial charge in [-0.1, -0.05) is 74.1 Å². The van der Waals surface area contributed by atoms with Crippen molar-refractivity contribution in [1.29, 1.82) is 0 Å². The maximum atomic E-state index is 8.59. The Labute approximate surface area is 215 Å². The molecule has 0 atom stereocenters. The molecule has 5 rings (SSSR count). The normalized spacial score (nSPS) is 13.8. The number of hydrogen-bond acceptors (Lipinski definition) is 1. The first-order valence-electron chi connectivity index (χ1n) is 14.1. The van der Waals surface area contributed by atoms with Crippen LogP contribution in [0.4, 0.5) is 5.69 Å². The zero-order chi connectivity index (χ0) is 29.4. The summed E-state index contributed by atoms with van der Waals surface area (Å²) in [7, 11) is 0.470. The third-order valence-corrected chi connectivity index (χ3v) is 9.10. The lowest BCUT2D eigenvalue weighted by Crippen LogP contribution is -2.50. The third-order valence-electron chi connectivity index (χ3n) is 6.85. The molecule has 0 bridgehead atoms. The van der Waals surface area contributed by atoms with E-state index in [1.807, 2.05) is 19.1 Å². The summed E-state index contributed by atoms with van der Waals surface area (Å²) < 4.78 is 50.5. The number of furan rings is 1. The highest BCUT2D eigenvalue weighted by Gasteiger charge is 2.30. The zero-order valence-electron chi connectivity index (χ0n) is 26.2. The number of aromatic nitrogens is 1. The lowest BCUT2D eigenvalue weighted by Gasteiger charge is -2.21. The molecule has 5 aromatic rings. The molecule has 0 radical (unpaired) electrons. The van der Waals surface area contributed by atoms with Crippen LogP contribution in [0.2, 0.25) is 19.6 Å². The molecular weight excluding hydrogens is 444 g/mol. The Balaban J connectivity index is 1.94. The molecule has 0 saturated carbocycles. The van der Waals surface area contributed by atoms with Crippen LogP contribution in [0.15, 0.2) is 65.0 Å². The Morgan fingerprint density at radius 1 is 0.886 bits per heavy atom. The highest BCUT2D eigenvalue weighted by atomic mass is 28.3. The van der Waals surface area contributed by atoms with Crippen LogP contribution in [-0.4, -0.2) is 8.07 Å². The molecule has 3 nitrogen and oxygen atoms in total. The molecular formula is C31H31N2OSi+. The van der Waals surface area contributed by atoms with Crippen LogP contribution >= 0.6 is 0 Å². The monoisotopic (exact) mass is 480 g/mol. The van der Waals surface area contributed by atoms with Crippen LogP contribution in [0, 0.1) is 27.3 Å². The van der Waals surface area contributed by atoms with Crippen molar-refractivity contribution in [3.05, 3.63) is 88.8 Å². The van der Waals surface area contributed by atoms with E-state index < -0.39 is 26.2 Å². The molecule has 35 heavy (non-hydrogen) atoms. The minimum atomic E-state index is -1.60. The molecule has 0 N–H and O–H groups in total. The quantitative estimate of drug-likeness (QED) is 0.147. The predicted octanol–water partition coefficient (Wildman–Crippen LogP) is 7.77. The largest absolute Gasteiger partial charge is 0.456 e. The summed E-state index contributed by atoms with van der Waals surface area (Å²) in [6, 6.07) is 7.62. The number of pyridine rings is 1. The van der Waals surface area contributed by atoms with E-state index in [9.17, 15) is 0 Å². The van der Waals surface area contributed by atoms with Crippen molar-refractivity contribution in [3.8, 4) is 22.4 Å². The summed E-state index contributed by atoms with van der Waals surface area (Å²) >= 11 is 0. The van der Waals surface area contributed by atoms with E-state index in [0.29, 0.717) is 11.2 Å². The molecule has 0 amide bonds. The smallest absolute Gasteiger partial charge is 0.216 e. The Morgan fingerprint density at radius 3 is 2.14 bits per heavy atom. The molecule has 0 unspecified atom stereocenters. The van der Waals surface area contributed by atoms with E-state index in [1.54, 1.807) is 6.07 Å². The molecule has 174 valence electrons. The van der Waals surface area contributed by atoms with Gasteiger partial charge >= 0.3 is 0 Å². The molecule has 3 aromatic carbocycles. The zero-order valence-corrected chi connectivity index (χ0v) is 22.2. The van der Waals surface area contributed by atoms with Gasteiger partial charge in [0, 0.05) is 34.5 Å². The van der Waals surface area contributed by atoms with Gasteiger partial charge in [-0.05, 0) is 30.5 Å². The first-order chi connectivity index (χ1) is 18.7. The van der Waals surface area contributed by atoms with Crippen molar-refractivity contribution < 1.29 is 15.8 Å². The molecule has 0 aliphatic rings. The summed E-state index contributed by atoms with van der Waals surface area (Å²) in [4.78, 5) is 3.65. The van der Waals surface area contributed by atoms with Gasteiger partial charge in [0.05, 0.1) is 27.1 Å². The molecule has 0 saturated heterocycles. The van der Waals surface area contributed by atoms with Gasteiger partial charge in [-0.3, -0.25) is 0 Å². The molecule has 0 fully saturated rings. The van der Waals surface area contributed by atoms with Crippen molar-refractivity contribution in [2.75, 3.05) is 0 Å². The Bertz CT molecular complexity index is 1920. The van der Waals surface area contributed by atoms with Crippen molar-refractivity contribution in [2.24, 2.45) is 7.05 Å². The van der Waals surface area contributed by atoms with E-state index in [1.165, 1.54) is 16.4 Å². The number of benzene rings is 3. The molecule has 2 heterocycles. The molecule has 2 aromatic heterocycles. The summed E-state index contributed by atoms with van der Waals surface area (Å²) in [5.74, 6) is 0. The van der Waals surface area contributed by atoms with Gasteiger partial charge in [-0.25, -0.2) is 4.85 Å². The molecule has 0 spiro atoms. The molecule has 4 heteroatoms. The van der Waals surface area contributed by atoms with Gasteiger partial charge in [-0.15, -0.1) is 0 Å². The fourth-order valence-electron chi connectivity index (χ4n) is 5.40. The number of aryl methyl sites for hydroxylation is 2. The summed E-state index contributed by atoms with van der Waals surface area (Å²) in [6.45, 7) is 21.2. The van der Waals surface area contributed by atoms with Crippen LogP contribution in [-0.2, 0) is 7.05 Å². The van der Waals surface area contributed by atoms with E-state index >= 15 is 0 Å². The standard InChI is InChI=1S/C31H31N2OSi/c1-19-14-15-23-24-16-17-25(32-4)28(22-12-10-9-11-13-22)30(24)34-29(23)27(19)26-18-20(2)31(35(6,7)8)21(3)33(26)5/h9-18H,1-3,5-8H3/q+1/i9D,10D,11D,12D,13D. The summed E-state index contributed by atoms with van der Waals surface area (Å²) in [5.41, 5.74) is 6.76. The predicted molar refractivity (Wildman–Crippen MR) is 149 cm³/mol. The van der Waals surface area contributed by atoms with Crippen molar-refractivity contribution in [2.45, 2.75) is 40.4 Å². The average molecular weight is 481 g/mol.